The highest BCUT2D eigenvalue weighted by Gasteiger charge is 2.16. The fourth-order valence-electron chi connectivity index (χ4n) is 1.91. The van der Waals surface area contributed by atoms with Crippen LogP contribution in [0.25, 0.3) is 0 Å². The molecule has 0 amide bonds. The molecule has 0 aliphatic heterocycles. The quantitative estimate of drug-likeness (QED) is 0.559. The van der Waals surface area contributed by atoms with Crippen LogP contribution in [0.15, 0.2) is 16.6 Å². The topological polar surface area (TPSA) is 21.3 Å². The summed E-state index contributed by atoms with van der Waals surface area (Å²) in [4.78, 5) is 0. The van der Waals surface area contributed by atoms with Gasteiger partial charge in [0.15, 0.2) is 5.75 Å². The van der Waals surface area contributed by atoms with Gasteiger partial charge in [-0.1, -0.05) is 37.8 Å². The molecule has 0 radical (unpaired) electrons. The van der Waals surface area contributed by atoms with Crippen LogP contribution in [0.5, 0.6) is 5.75 Å². The number of anilines is 1. The number of rotatable bonds is 8. The molecule has 1 unspecified atom stereocenters. The van der Waals surface area contributed by atoms with Gasteiger partial charge in [-0.2, -0.15) is 8.78 Å². The summed E-state index contributed by atoms with van der Waals surface area (Å²) in [5.41, 5.74) is 0.480. The summed E-state index contributed by atoms with van der Waals surface area (Å²) in [5.74, 6) is 0.0896. The van der Waals surface area contributed by atoms with Gasteiger partial charge in [-0.05, 0) is 41.4 Å². The maximum Gasteiger partial charge on any atom is 0.387 e. The van der Waals surface area contributed by atoms with Crippen molar-refractivity contribution in [3.05, 3.63) is 21.6 Å². The van der Waals surface area contributed by atoms with Crippen LogP contribution in [-0.2, 0) is 0 Å². The molecule has 0 aromatic heterocycles. The van der Waals surface area contributed by atoms with Crippen molar-refractivity contribution in [1.82, 2.24) is 0 Å². The second kappa shape index (κ2) is 8.67. The van der Waals surface area contributed by atoms with Gasteiger partial charge < -0.3 is 10.1 Å². The van der Waals surface area contributed by atoms with E-state index in [1.165, 1.54) is 6.07 Å². The predicted molar refractivity (Wildman–Crippen MR) is 83.0 cm³/mol. The zero-order valence-corrected chi connectivity index (χ0v) is 13.9. The van der Waals surface area contributed by atoms with Gasteiger partial charge in [0, 0.05) is 11.1 Å². The number of nitrogens with one attached hydrogen (secondary N) is 1. The lowest BCUT2D eigenvalue weighted by Crippen LogP contribution is -2.16. The first-order valence-electron chi connectivity index (χ1n) is 6.64. The van der Waals surface area contributed by atoms with Gasteiger partial charge in [0.05, 0.1) is 10.2 Å². The van der Waals surface area contributed by atoms with Gasteiger partial charge >= 0.3 is 6.61 Å². The summed E-state index contributed by atoms with van der Waals surface area (Å²) >= 11 is 9.15. The van der Waals surface area contributed by atoms with Crippen molar-refractivity contribution >= 4 is 33.2 Å². The Morgan fingerprint density at radius 1 is 1.35 bits per heavy atom. The van der Waals surface area contributed by atoms with Crippen molar-refractivity contribution in [3.8, 4) is 5.75 Å². The summed E-state index contributed by atoms with van der Waals surface area (Å²) in [6.45, 7) is 1.28. The largest absolute Gasteiger partial charge is 0.431 e. The van der Waals surface area contributed by atoms with Crippen molar-refractivity contribution in [1.29, 1.82) is 0 Å². The molecular formula is C14H19BrClF2NO. The fourth-order valence-corrected chi connectivity index (χ4v) is 2.82. The molecule has 2 nitrogen and oxygen atoms in total. The number of halogens is 4. The van der Waals surface area contributed by atoms with Crippen molar-refractivity contribution in [2.24, 2.45) is 0 Å². The smallest absolute Gasteiger partial charge is 0.387 e. The van der Waals surface area contributed by atoms with Gasteiger partial charge in [0.2, 0.25) is 0 Å². The maximum atomic E-state index is 12.5. The van der Waals surface area contributed by atoms with E-state index in [9.17, 15) is 8.78 Å². The molecule has 1 N–H and O–H groups in total. The van der Waals surface area contributed by atoms with Crippen molar-refractivity contribution in [2.75, 3.05) is 5.32 Å². The van der Waals surface area contributed by atoms with Crippen LogP contribution in [0.4, 0.5) is 14.5 Å². The third-order valence-electron chi connectivity index (χ3n) is 2.86. The normalized spacial score (nSPS) is 12.6. The molecule has 0 spiro atoms. The van der Waals surface area contributed by atoms with Gasteiger partial charge in [-0.3, -0.25) is 0 Å². The molecule has 1 atom stereocenters. The minimum Gasteiger partial charge on any atom is -0.431 e. The molecule has 0 heterocycles. The van der Waals surface area contributed by atoms with Gasteiger partial charge in [0.1, 0.15) is 0 Å². The molecule has 1 aromatic carbocycles. The molecule has 6 heteroatoms. The summed E-state index contributed by atoms with van der Waals surface area (Å²) in [7, 11) is 0. The Morgan fingerprint density at radius 3 is 2.65 bits per heavy atom. The molecule has 0 bridgehead atoms. The average Bonchev–Trinajstić information content (AvgIpc) is 2.33. The number of alkyl halides is 2. The third-order valence-corrected chi connectivity index (χ3v) is 3.67. The highest BCUT2D eigenvalue weighted by molar-refractivity contribution is 9.10. The van der Waals surface area contributed by atoms with Crippen LogP contribution in [0.1, 0.15) is 39.5 Å². The number of benzene rings is 1. The molecule has 114 valence electrons. The van der Waals surface area contributed by atoms with E-state index < -0.39 is 6.61 Å². The molecular weight excluding hydrogens is 352 g/mol. The van der Waals surface area contributed by atoms with Crippen LogP contribution in [0.3, 0.4) is 0 Å². The minimum absolute atomic E-state index is 0.0896. The first-order valence-corrected chi connectivity index (χ1v) is 7.81. The Hall–Kier alpha value is -0.550. The van der Waals surface area contributed by atoms with E-state index in [2.05, 4.69) is 32.9 Å². The van der Waals surface area contributed by atoms with Crippen molar-refractivity contribution in [3.63, 3.8) is 0 Å². The second-order valence-electron chi connectivity index (χ2n) is 4.68. The molecule has 1 aromatic rings. The molecule has 0 fully saturated rings. The lowest BCUT2D eigenvalue weighted by molar-refractivity contribution is -0.0498. The summed E-state index contributed by atoms with van der Waals surface area (Å²) in [5, 5.41) is 3.64. The van der Waals surface area contributed by atoms with Crippen LogP contribution < -0.4 is 10.1 Å². The van der Waals surface area contributed by atoms with Gasteiger partial charge in [-0.15, -0.1) is 0 Å². The standard InChI is InChI=1S/C14H19BrClF2NO/c1-3-4-5-6-9(2)19-12-8-10(16)7-11(15)13(12)20-14(17)18/h7-9,14,19H,3-6H2,1-2H3. The second-order valence-corrected chi connectivity index (χ2v) is 5.97. The Kier molecular flexibility index (Phi) is 7.59. The van der Waals surface area contributed by atoms with E-state index in [1.54, 1.807) is 6.07 Å². The van der Waals surface area contributed by atoms with E-state index >= 15 is 0 Å². The molecule has 0 aliphatic rings. The Morgan fingerprint density at radius 2 is 2.05 bits per heavy atom. The number of hydrogen-bond donors (Lipinski definition) is 1. The Balaban J connectivity index is 2.81. The Bertz CT molecular complexity index is 432. The Labute approximate surface area is 132 Å². The zero-order valence-electron chi connectivity index (χ0n) is 11.6. The minimum atomic E-state index is -2.87. The highest BCUT2D eigenvalue weighted by atomic mass is 79.9. The van der Waals surface area contributed by atoms with Gasteiger partial charge in [-0.25, -0.2) is 0 Å². The number of unbranched alkanes of at least 4 members (excludes halogenated alkanes) is 2. The van der Waals surface area contributed by atoms with Crippen molar-refractivity contribution < 1.29 is 13.5 Å². The van der Waals surface area contributed by atoms with E-state index in [0.29, 0.717) is 15.2 Å². The van der Waals surface area contributed by atoms with Gasteiger partial charge in [0.25, 0.3) is 0 Å². The number of ether oxygens (including phenoxy) is 1. The molecule has 0 aliphatic carbocycles. The zero-order chi connectivity index (χ0) is 15.1. The SMILES string of the molecule is CCCCCC(C)Nc1cc(Cl)cc(Br)c1OC(F)F. The van der Waals surface area contributed by atoms with E-state index in [4.69, 9.17) is 11.6 Å². The van der Waals surface area contributed by atoms with Crippen molar-refractivity contribution in [2.45, 2.75) is 52.2 Å². The highest BCUT2D eigenvalue weighted by Crippen LogP contribution is 2.38. The lowest BCUT2D eigenvalue weighted by atomic mass is 10.1. The van der Waals surface area contributed by atoms with E-state index in [1.807, 2.05) is 6.92 Å². The molecule has 0 saturated carbocycles. The molecule has 1 rings (SSSR count). The predicted octanol–water partition coefficient (Wildman–Crippen LogP) is 6.08. The summed E-state index contributed by atoms with van der Waals surface area (Å²) in [6.07, 6.45) is 4.37. The molecule has 0 saturated heterocycles. The van der Waals surface area contributed by atoms with E-state index in [-0.39, 0.29) is 11.8 Å². The summed E-state index contributed by atoms with van der Waals surface area (Å²) < 4.78 is 29.9. The van der Waals surface area contributed by atoms with Crippen LogP contribution in [0, 0.1) is 0 Å². The summed E-state index contributed by atoms with van der Waals surface area (Å²) in [6, 6.07) is 3.29. The maximum absolute atomic E-state index is 12.5. The lowest BCUT2D eigenvalue weighted by Gasteiger charge is -2.19. The van der Waals surface area contributed by atoms with E-state index in [0.717, 1.165) is 25.7 Å². The fraction of sp³-hybridized carbons (Fsp3) is 0.571. The van der Waals surface area contributed by atoms with Crippen LogP contribution in [-0.4, -0.2) is 12.7 Å². The first-order chi connectivity index (χ1) is 9.43. The third kappa shape index (κ3) is 5.83. The van der Waals surface area contributed by atoms with Crippen LogP contribution >= 0.6 is 27.5 Å². The first kappa shape index (κ1) is 17.5. The van der Waals surface area contributed by atoms with Crippen LogP contribution in [0.2, 0.25) is 5.02 Å². The monoisotopic (exact) mass is 369 g/mol. The molecule has 20 heavy (non-hydrogen) atoms. The average molecular weight is 371 g/mol. The number of hydrogen-bond acceptors (Lipinski definition) is 2.